The highest BCUT2D eigenvalue weighted by Crippen LogP contribution is 2.54. The number of halogens is 2. The largest absolute Gasteiger partial charge is 0.0840 e. The van der Waals surface area contributed by atoms with Crippen molar-refractivity contribution in [2.75, 3.05) is 0 Å². The van der Waals surface area contributed by atoms with Gasteiger partial charge in [0.1, 0.15) is 0 Å². The van der Waals surface area contributed by atoms with E-state index in [1.807, 2.05) is 0 Å². The van der Waals surface area contributed by atoms with Crippen molar-refractivity contribution in [3.63, 3.8) is 0 Å². The normalized spacial score (nSPS) is 20.1. The molecule has 0 aromatic heterocycles. The zero-order valence-corrected chi connectivity index (χ0v) is 13.9. The molecular weight excluding hydrogens is 308 g/mol. The molecule has 0 aliphatic heterocycles. The van der Waals surface area contributed by atoms with E-state index in [0.717, 1.165) is 5.02 Å². The highest BCUT2D eigenvalue weighted by molar-refractivity contribution is 9.09. The Morgan fingerprint density at radius 2 is 1.83 bits per heavy atom. The summed E-state index contributed by atoms with van der Waals surface area (Å²) < 4.78 is 0. The third-order valence-electron chi connectivity index (χ3n) is 4.66. The molecule has 1 unspecified atom stereocenters. The lowest BCUT2D eigenvalue weighted by atomic mass is 9.76. The number of rotatable bonds is 3. The Morgan fingerprint density at radius 3 is 2.39 bits per heavy atom. The van der Waals surface area contributed by atoms with E-state index in [-0.39, 0.29) is 0 Å². The maximum absolute atomic E-state index is 6.20. The molecular formula is C16H22BrCl. The Hall–Kier alpha value is -0.0100. The summed E-state index contributed by atoms with van der Waals surface area (Å²) in [5, 5.41) is 0.882. The zero-order valence-electron chi connectivity index (χ0n) is 11.5. The van der Waals surface area contributed by atoms with Crippen LogP contribution in [0.25, 0.3) is 0 Å². The van der Waals surface area contributed by atoms with Crippen molar-refractivity contribution in [1.29, 1.82) is 0 Å². The average molecular weight is 330 g/mol. The molecule has 0 nitrogen and oxygen atoms in total. The fourth-order valence-electron chi connectivity index (χ4n) is 3.27. The van der Waals surface area contributed by atoms with E-state index in [1.54, 1.807) is 0 Å². The topological polar surface area (TPSA) is 0 Å². The lowest BCUT2D eigenvalue weighted by molar-refractivity contribution is 0.279. The fraction of sp³-hybridized carbons (Fsp3) is 0.625. The molecule has 0 radical (unpaired) electrons. The number of aryl methyl sites for hydroxylation is 2. The van der Waals surface area contributed by atoms with E-state index >= 15 is 0 Å². The quantitative estimate of drug-likeness (QED) is 0.566. The van der Waals surface area contributed by atoms with Gasteiger partial charge in [-0.25, -0.2) is 0 Å². The molecule has 0 amide bonds. The van der Waals surface area contributed by atoms with E-state index < -0.39 is 0 Å². The predicted molar refractivity (Wildman–Crippen MR) is 83.8 cm³/mol. The molecule has 1 aliphatic rings. The van der Waals surface area contributed by atoms with Crippen LogP contribution >= 0.6 is 27.5 Å². The fourth-order valence-corrected chi connectivity index (χ4v) is 4.76. The Morgan fingerprint density at radius 1 is 1.22 bits per heavy atom. The summed E-state index contributed by atoms with van der Waals surface area (Å²) >= 11 is 10.2. The van der Waals surface area contributed by atoms with E-state index in [0.29, 0.717) is 10.2 Å². The molecule has 1 saturated carbocycles. The summed E-state index contributed by atoms with van der Waals surface area (Å²) in [5.74, 6) is 0. The van der Waals surface area contributed by atoms with Crippen molar-refractivity contribution in [3.8, 4) is 0 Å². The molecule has 2 heteroatoms. The summed E-state index contributed by atoms with van der Waals surface area (Å²) in [7, 11) is 0. The van der Waals surface area contributed by atoms with Crippen molar-refractivity contribution in [2.45, 2.75) is 57.7 Å². The van der Waals surface area contributed by atoms with Crippen LogP contribution in [0.1, 0.15) is 60.5 Å². The van der Waals surface area contributed by atoms with Crippen LogP contribution in [0.5, 0.6) is 0 Å². The van der Waals surface area contributed by atoms with Crippen molar-refractivity contribution in [1.82, 2.24) is 0 Å². The molecule has 1 aliphatic carbocycles. The zero-order chi connectivity index (χ0) is 13.3. The molecule has 1 atom stereocenters. The minimum absolute atomic E-state index is 0.449. The molecule has 0 heterocycles. The highest BCUT2D eigenvalue weighted by atomic mass is 79.9. The van der Waals surface area contributed by atoms with Crippen LogP contribution in [-0.2, 0) is 0 Å². The third-order valence-corrected chi connectivity index (χ3v) is 6.53. The second kappa shape index (κ2) is 5.54. The van der Waals surface area contributed by atoms with Crippen molar-refractivity contribution >= 4 is 27.5 Å². The maximum atomic E-state index is 6.20. The van der Waals surface area contributed by atoms with Crippen molar-refractivity contribution in [3.05, 3.63) is 33.8 Å². The molecule has 18 heavy (non-hydrogen) atoms. The van der Waals surface area contributed by atoms with Gasteiger partial charge in [0.2, 0.25) is 0 Å². The van der Waals surface area contributed by atoms with E-state index in [4.69, 9.17) is 11.6 Å². The maximum Gasteiger partial charge on any atom is 0.0454 e. The average Bonchev–Trinajstić information content (AvgIpc) is 2.83. The van der Waals surface area contributed by atoms with E-state index in [2.05, 4.69) is 48.8 Å². The first-order valence-electron chi connectivity index (χ1n) is 6.91. The molecule has 0 bridgehead atoms. The SMILES string of the molecule is CCC1(C(Br)c2cc(C)c(Cl)cc2C)CCCC1. The molecule has 0 spiro atoms. The second-order valence-corrected chi connectivity index (χ2v) is 7.07. The number of alkyl halides is 1. The van der Waals surface area contributed by atoms with Crippen LogP contribution in [0.2, 0.25) is 5.02 Å². The van der Waals surface area contributed by atoms with E-state index in [9.17, 15) is 0 Å². The van der Waals surface area contributed by atoms with Crippen LogP contribution in [0.3, 0.4) is 0 Å². The minimum atomic E-state index is 0.449. The van der Waals surface area contributed by atoms with Gasteiger partial charge in [0, 0.05) is 9.85 Å². The summed E-state index contributed by atoms with van der Waals surface area (Å²) in [5.41, 5.74) is 4.38. The van der Waals surface area contributed by atoms with Gasteiger partial charge in [-0.3, -0.25) is 0 Å². The van der Waals surface area contributed by atoms with Crippen LogP contribution < -0.4 is 0 Å². The molecule has 2 rings (SSSR count). The van der Waals surface area contributed by atoms with Crippen LogP contribution in [0.15, 0.2) is 12.1 Å². The summed E-state index contributed by atoms with van der Waals surface area (Å²) in [6, 6.07) is 4.38. The molecule has 0 saturated heterocycles. The van der Waals surface area contributed by atoms with E-state index in [1.165, 1.54) is 48.8 Å². The first-order chi connectivity index (χ1) is 8.50. The number of benzene rings is 1. The minimum Gasteiger partial charge on any atom is -0.0840 e. The lowest BCUT2D eigenvalue weighted by Crippen LogP contribution is -2.22. The third kappa shape index (κ3) is 2.49. The first-order valence-corrected chi connectivity index (χ1v) is 8.20. The molecule has 1 fully saturated rings. The van der Waals surface area contributed by atoms with Gasteiger partial charge >= 0.3 is 0 Å². The highest BCUT2D eigenvalue weighted by Gasteiger charge is 2.39. The van der Waals surface area contributed by atoms with Gasteiger partial charge in [0.25, 0.3) is 0 Å². The predicted octanol–water partition coefficient (Wildman–Crippen LogP) is 6.36. The van der Waals surface area contributed by atoms with Crippen LogP contribution in [-0.4, -0.2) is 0 Å². The Balaban J connectivity index is 2.39. The smallest absolute Gasteiger partial charge is 0.0454 e. The monoisotopic (exact) mass is 328 g/mol. The van der Waals surface area contributed by atoms with Gasteiger partial charge in [-0.2, -0.15) is 0 Å². The van der Waals surface area contributed by atoms with Crippen LogP contribution in [0, 0.1) is 19.3 Å². The molecule has 100 valence electrons. The summed E-state index contributed by atoms with van der Waals surface area (Å²) in [4.78, 5) is 0.466. The number of hydrogen-bond acceptors (Lipinski definition) is 0. The Bertz CT molecular complexity index is 433. The van der Waals surface area contributed by atoms with Crippen LogP contribution in [0.4, 0.5) is 0 Å². The van der Waals surface area contributed by atoms with Gasteiger partial charge in [-0.1, -0.05) is 53.4 Å². The second-order valence-electron chi connectivity index (χ2n) is 5.74. The summed E-state index contributed by atoms with van der Waals surface area (Å²) in [6.45, 7) is 6.60. The van der Waals surface area contributed by atoms with Crippen molar-refractivity contribution in [2.24, 2.45) is 5.41 Å². The first kappa shape index (κ1) is 14.4. The van der Waals surface area contributed by atoms with Gasteiger partial charge in [-0.15, -0.1) is 0 Å². The standard InChI is InChI=1S/C16H22BrCl/c1-4-16(7-5-6-8-16)15(17)13-9-12(3)14(18)10-11(13)2/h9-10,15H,4-8H2,1-3H3. The Labute approximate surface area is 124 Å². The van der Waals surface area contributed by atoms with Gasteiger partial charge in [-0.05, 0) is 61.3 Å². The lowest BCUT2D eigenvalue weighted by Gasteiger charge is -2.34. The van der Waals surface area contributed by atoms with Gasteiger partial charge in [0.15, 0.2) is 0 Å². The Kier molecular flexibility index (Phi) is 4.44. The molecule has 1 aromatic rings. The van der Waals surface area contributed by atoms with Gasteiger partial charge in [0.05, 0.1) is 0 Å². The molecule has 0 N–H and O–H groups in total. The van der Waals surface area contributed by atoms with Gasteiger partial charge < -0.3 is 0 Å². The summed E-state index contributed by atoms with van der Waals surface area (Å²) in [6.07, 6.45) is 6.70. The van der Waals surface area contributed by atoms with Crippen molar-refractivity contribution < 1.29 is 0 Å². The molecule has 1 aromatic carbocycles. The number of hydrogen-bond donors (Lipinski definition) is 0.